The molecule has 1 atom stereocenters. The van der Waals surface area contributed by atoms with E-state index >= 15 is 0 Å². The van der Waals surface area contributed by atoms with E-state index < -0.39 is 29.3 Å². The maximum atomic E-state index is 13.7. The van der Waals surface area contributed by atoms with Gasteiger partial charge in [-0.3, -0.25) is 4.79 Å². The Morgan fingerprint density at radius 1 is 1.28 bits per heavy atom. The first kappa shape index (κ1) is 16.8. The van der Waals surface area contributed by atoms with Gasteiger partial charge in [0.05, 0.1) is 0 Å². The summed E-state index contributed by atoms with van der Waals surface area (Å²) in [6.45, 7) is 1.32. The number of carbonyl (C=O) groups is 1. The molecule has 1 amide bonds. The second-order valence-corrected chi connectivity index (χ2v) is 5.65. The number of benzene rings is 1. The zero-order valence-electron chi connectivity index (χ0n) is 13.3. The number of halogens is 2. The second kappa shape index (κ2) is 6.84. The van der Waals surface area contributed by atoms with Gasteiger partial charge in [-0.05, 0) is 37.6 Å². The van der Waals surface area contributed by atoms with Gasteiger partial charge in [0.25, 0.3) is 0 Å². The Morgan fingerprint density at radius 2 is 2.00 bits per heavy atom. The number of carbonyl (C=O) groups excluding carboxylic acids is 1. The molecule has 0 saturated carbocycles. The molecular weight excluding hydrogens is 332 g/mol. The summed E-state index contributed by atoms with van der Waals surface area (Å²) in [5.74, 6) is -2.51. The third-order valence-corrected chi connectivity index (χ3v) is 3.71. The van der Waals surface area contributed by atoms with Crippen LogP contribution in [-0.4, -0.2) is 21.5 Å². The van der Waals surface area contributed by atoms with Crippen molar-refractivity contribution in [2.75, 3.05) is 0 Å². The molecule has 130 valence electrons. The van der Waals surface area contributed by atoms with Crippen molar-refractivity contribution in [1.29, 1.82) is 0 Å². The molecular formula is C17H15F2N3O3. The molecule has 0 bridgehead atoms. The van der Waals surface area contributed by atoms with Crippen LogP contribution in [0.15, 0.2) is 45.7 Å². The van der Waals surface area contributed by atoms with Gasteiger partial charge in [0.1, 0.15) is 18.2 Å². The topological polar surface area (TPSA) is 77.1 Å². The van der Waals surface area contributed by atoms with Gasteiger partial charge in [-0.2, -0.15) is 0 Å². The highest BCUT2D eigenvalue weighted by Crippen LogP contribution is 2.14. The molecule has 8 heteroatoms. The number of amides is 1. The highest BCUT2D eigenvalue weighted by Gasteiger charge is 2.17. The van der Waals surface area contributed by atoms with E-state index in [0.717, 1.165) is 16.7 Å². The summed E-state index contributed by atoms with van der Waals surface area (Å²) in [6.07, 6.45) is 1.47. The maximum absolute atomic E-state index is 13.7. The molecule has 3 aromatic rings. The number of fused-ring (bicyclic) bond motifs is 1. The van der Waals surface area contributed by atoms with E-state index in [1.807, 2.05) is 0 Å². The van der Waals surface area contributed by atoms with Gasteiger partial charge in [-0.15, -0.1) is 0 Å². The second-order valence-electron chi connectivity index (χ2n) is 5.65. The van der Waals surface area contributed by atoms with Crippen molar-refractivity contribution in [3.8, 4) is 0 Å². The Kier molecular flexibility index (Phi) is 4.60. The number of hydrogen-bond donors (Lipinski definition) is 1. The first-order chi connectivity index (χ1) is 12.0. The zero-order chi connectivity index (χ0) is 18.0. The van der Waals surface area contributed by atoms with Crippen LogP contribution < -0.4 is 11.1 Å². The minimum Gasteiger partial charge on any atom is -0.406 e. The number of pyridine rings is 1. The van der Waals surface area contributed by atoms with Crippen molar-refractivity contribution in [2.24, 2.45) is 0 Å². The molecule has 0 fully saturated rings. The van der Waals surface area contributed by atoms with Crippen LogP contribution in [-0.2, 0) is 17.8 Å². The first-order valence-corrected chi connectivity index (χ1v) is 7.62. The molecule has 0 saturated heterocycles. The fraction of sp³-hybridized carbons (Fsp3) is 0.235. The number of nitrogens with zero attached hydrogens (tertiary/aromatic N) is 2. The lowest BCUT2D eigenvalue weighted by atomic mass is 10.1. The largest absolute Gasteiger partial charge is 0.421 e. The van der Waals surface area contributed by atoms with Crippen molar-refractivity contribution in [3.05, 3.63) is 64.3 Å². The number of aromatic nitrogens is 2. The monoisotopic (exact) mass is 347 g/mol. The first-order valence-electron chi connectivity index (χ1n) is 7.62. The average molecular weight is 347 g/mol. The van der Waals surface area contributed by atoms with E-state index in [9.17, 15) is 18.4 Å². The highest BCUT2D eigenvalue weighted by atomic mass is 19.1. The van der Waals surface area contributed by atoms with E-state index in [-0.39, 0.29) is 29.8 Å². The van der Waals surface area contributed by atoms with Gasteiger partial charge >= 0.3 is 5.76 Å². The van der Waals surface area contributed by atoms with Crippen molar-refractivity contribution in [3.63, 3.8) is 0 Å². The van der Waals surface area contributed by atoms with Crippen molar-refractivity contribution in [1.82, 2.24) is 14.9 Å². The van der Waals surface area contributed by atoms with E-state index in [0.29, 0.717) is 0 Å². The van der Waals surface area contributed by atoms with Crippen LogP contribution >= 0.6 is 0 Å². The molecule has 0 radical (unpaired) electrons. The van der Waals surface area contributed by atoms with Gasteiger partial charge in [-0.25, -0.2) is 23.1 Å². The lowest BCUT2D eigenvalue weighted by molar-refractivity contribution is -0.122. The molecule has 2 heterocycles. The Labute approximate surface area is 141 Å². The normalized spacial score (nSPS) is 12.3. The summed E-state index contributed by atoms with van der Waals surface area (Å²) in [7, 11) is 0. The van der Waals surface area contributed by atoms with Crippen molar-refractivity contribution < 1.29 is 18.0 Å². The molecule has 1 aromatic carbocycles. The Bertz CT molecular complexity index is 960. The van der Waals surface area contributed by atoms with Crippen LogP contribution in [0.4, 0.5) is 8.78 Å². The van der Waals surface area contributed by atoms with Gasteiger partial charge < -0.3 is 9.73 Å². The molecule has 0 aliphatic carbocycles. The smallest absolute Gasteiger partial charge is 0.406 e. The summed E-state index contributed by atoms with van der Waals surface area (Å²) in [4.78, 5) is 28.0. The van der Waals surface area contributed by atoms with Crippen LogP contribution in [0, 0.1) is 11.6 Å². The minimum absolute atomic E-state index is 0.0104. The third kappa shape index (κ3) is 3.57. The van der Waals surface area contributed by atoms with Crippen LogP contribution in [0.25, 0.3) is 11.2 Å². The number of hydrogen-bond acceptors (Lipinski definition) is 4. The lowest BCUT2D eigenvalue weighted by Crippen LogP contribution is -2.38. The Morgan fingerprint density at radius 3 is 2.72 bits per heavy atom. The van der Waals surface area contributed by atoms with Gasteiger partial charge in [0, 0.05) is 17.8 Å². The SMILES string of the molecule is C[C@H](Cc1c(F)cccc1F)NC(=O)Cn1c(=O)oc2cccnc21. The molecule has 25 heavy (non-hydrogen) atoms. The molecule has 0 aliphatic heterocycles. The standard InChI is InChI=1S/C17H15F2N3O3/c1-10(8-11-12(18)4-2-5-13(11)19)21-15(23)9-22-16-14(25-17(22)24)6-3-7-20-16/h2-7,10H,8-9H2,1H3,(H,21,23)/t10-/m1/s1. The van der Waals surface area contributed by atoms with Crippen LogP contribution in [0.3, 0.4) is 0 Å². The van der Waals surface area contributed by atoms with Crippen LogP contribution in [0.5, 0.6) is 0 Å². The predicted octanol–water partition coefficient (Wildman–Crippen LogP) is 2.02. The molecule has 0 spiro atoms. The average Bonchev–Trinajstić information content (AvgIpc) is 2.87. The number of nitrogens with one attached hydrogen (secondary N) is 1. The van der Waals surface area contributed by atoms with E-state index in [1.54, 1.807) is 19.1 Å². The van der Waals surface area contributed by atoms with Crippen molar-refractivity contribution in [2.45, 2.75) is 25.9 Å². The molecule has 6 nitrogen and oxygen atoms in total. The summed E-state index contributed by atoms with van der Waals surface area (Å²) in [6, 6.07) is 6.26. The quantitative estimate of drug-likeness (QED) is 0.766. The van der Waals surface area contributed by atoms with E-state index in [2.05, 4.69) is 10.3 Å². The van der Waals surface area contributed by atoms with Crippen LogP contribution in [0.2, 0.25) is 0 Å². The van der Waals surface area contributed by atoms with E-state index in [4.69, 9.17) is 4.42 Å². The Hall–Kier alpha value is -3.03. The number of rotatable bonds is 5. The van der Waals surface area contributed by atoms with Gasteiger partial charge in [0.15, 0.2) is 11.2 Å². The summed E-state index contributed by atoms with van der Waals surface area (Å²) in [5.41, 5.74) is 0.445. The summed E-state index contributed by atoms with van der Waals surface area (Å²) in [5, 5.41) is 2.61. The zero-order valence-corrected chi connectivity index (χ0v) is 13.3. The van der Waals surface area contributed by atoms with Gasteiger partial charge in [0.2, 0.25) is 5.91 Å². The van der Waals surface area contributed by atoms with Crippen LogP contribution in [0.1, 0.15) is 12.5 Å². The molecule has 3 rings (SSSR count). The molecule has 0 unspecified atom stereocenters. The third-order valence-electron chi connectivity index (χ3n) is 3.71. The summed E-state index contributed by atoms with van der Waals surface area (Å²) >= 11 is 0. The minimum atomic E-state index is -0.698. The fourth-order valence-electron chi connectivity index (χ4n) is 2.59. The van der Waals surface area contributed by atoms with Gasteiger partial charge in [-0.1, -0.05) is 6.07 Å². The Balaban J connectivity index is 1.70. The maximum Gasteiger partial charge on any atom is 0.421 e. The fourth-order valence-corrected chi connectivity index (χ4v) is 2.59. The van der Waals surface area contributed by atoms with E-state index in [1.165, 1.54) is 12.3 Å². The molecule has 1 N–H and O–H groups in total. The highest BCUT2D eigenvalue weighted by molar-refractivity contribution is 5.78. The molecule has 0 aliphatic rings. The molecule has 2 aromatic heterocycles. The van der Waals surface area contributed by atoms with Crippen molar-refractivity contribution >= 4 is 17.1 Å². The predicted molar refractivity (Wildman–Crippen MR) is 85.9 cm³/mol. The summed E-state index contributed by atoms with van der Waals surface area (Å²) < 4.78 is 33.4. The number of oxazole rings is 1. The lowest BCUT2D eigenvalue weighted by Gasteiger charge is -2.15.